The van der Waals surface area contributed by atoms with Crippen LogP contribution in [0.3, 0.4) is 0 Å². The average Bonchev–Trinajstić information content (AvgIpc) is 3.39. The molecule has 0 saturated carbocycles. The van der Waals surface area contributed by atoms with Crippen molar-refractivity contribution in [3.05, 3.63) is 75.9 Å². The van der Waals surface area contributed by atoms with E-state index in [2.05, 4.69) is 31.4 Å². The van der Waals surface area contributed by atoms with E-state index < -0.39 is 0 Å². The van der Waals surface area contributed by atoms with Crippen LogP contribution in [0.25, 0.3) is 17.3 Å². The van der Waals surface area contributed by atoms with E-state index in [0.717, 1.165) is 21.4 Å². The number of benzene rings is 2. The number of furan rings is 1. The van der Waals surface area contributed by atoms with Gasteiger partial charge in [-0.2, -0.15) is 0 Å². The van der Waals surface area contributed by atoms with Crippen molar-refractivity contribution in [2.24, 2.45) is 0 Å². The molecule has 0 spiro atoms. The van der Waals surface area contributed by atoms with Crippen LogP contribution in [-0.4, -0.2) is 26.4 Å². The Bertz CT molecular complexity index is 1180. The quantitative estimate of drug-likeness (QED) is 0.328. The molecule has 0 aliphatic rings. The maximum Gasteiger partial charge on any atom is 0.234 e. The van der Waals surface area contributed by atoms with Crippen molar-refractivity contribution in [3.63, 3.8) is 0 Å². The minimum Gasteiger partial charge on any atom is -0.461 e. The summed E-state index contributed by atoms with van der Waals surface area (Å²) in [5.74, 6) is 1.16. The van der Waals surface area contributed by atoms with E-state index in [-0.39, 0.29) is 11.7 Å². The van der Waals surface area contributed by atoms with Gasteiger partial charge in [-0.1, -0.05) is 29.4 Å². The smallest absolute Gasteiger partial charge is 0.234 e. The molecule has 0 radical (unpaired) electrons. The Morgan fingerprint density at radius 3 is 2.70 bits per heavy atom. The molecule has 4 aromatic rings. The van der Waals surface area contributed by atoms with Gasteiger partial charge in [0.1, 0.15) is 0 Å². The number of hydrogen-bond donors (Lipinski definition) is 1. The lowest BCUT2D eigenvalue weighted by Crippen LogP contribution is -2.15. The molecule has 0 fully saturated rings. The topological polar surface area (TPSA) is 73.0 Å². The van der Waals surface area contributed by atoms with Gasteiger partial charge in [-0.05, 0) is 76.9 Å². The highest BCUT2D eigenvalue weighted by molar-refractivity contribution is 9.10. The molecule has 9 heteroatoms. The number of rotatable bonds is 6. The molecule has 0 saturated heterocycles. The van der Waals surface area contributed by atoms with E-state index in [1.165, 1.54) is 11.8 Å². The zero-order chi connectivity index (χ0) is 21.1. The summed E-state index contributed by atoms with van der Waals surface area (Å²) in [5, 5.41) is 12.7. The molecule has 0 atom stereocenters. The molecule has 2 aromatic heterocycles. The number of nitrogens with one attached hydrogen (secondary N) is 1. The first-order valence-corrected chi connectivity index (χ1v) is 11.1. The van der Waals surface area contributed by atoms with Crippen LogP contribution in [-0.2, 0) is 4.79 Å². The summed E-state index contributed by atoms with van der Waals surface area (Å²) in [4.78, 5) is 12.5. The molecular weight excluding hydrogens is 488 g/mol. The summed E-state index contributed by atoms with van der Waals surface area (Å²) in [6, 6.07) is 16.7. The molecule has 152 valence electrons. The summed E-state index contributed by atoms with van der Waals surface area (Å²) in [7, 11) is 0. The molecule has 1 N–H and O–H groups in total. The number of amides is 1. The van der Waals surface area contributed by atoms with Crippen molar-refractivity contribution < 1.29 is 9.21 Å². The average molecular weight is 504 g/mol. The second-order valence-corrected chi connectivity index (χ2v) is 8.65. The molecule has 6 nitrogen and oxygen atoms in total. The number of carbonyl (C=O) groups is 1. The Morgan fingerprint density at radius 1 is 1.20 bits per heavy atom. The minimum atomic E-state index is -0.144. The summed E-state index contributed by atoms with van der Waals surface area (Å²) in [5.41, 5.74) is 2.65. The van der Waals surface area contributed by atoms with Gasteiger partial charge in [0.05, 0.1) is 17.7 Å². The van der Waals surface area contributed by atoms with Crippen LogP contribution in [0.15, 0.2) is 74.9 Å². The van der Waals surface area contributed by atoms with Crippen LogP contribution in [0.2, 0.25) is 5.02 Å². The zero-order valence-corrected chi connectivity index (χ0v) is 19.0. The van der Waals surface area contributed by atoms with E-state index in [0.29, 0.717) is 21.8 Å². The largest absolute Gasteiger partial charge is 0.461 e. The van der Waals surface area contributed by atoms with Crippen molar-refractivity contribution in [1.82, 2.24) is 14.8 Å². The Kier molecular flexibility index (Phi) is 6.26. The van der Waals surface area contributed by atoms with Gasteiger partial charge in [0, 0.05) is 15.2 Å². The normalized spacial score (nSPS) is 10.9. The Morgan fingerprint density at radius 2 is 2.00 bits per heavy atom. The van der Waals surface area contributed by atoms with Gasteiger partial charge < -0.3 is 9.73 Å². The van der Waals surface area contributed by atoms with Crippen LogP contribution < -0.4 is 5.32 Å². The number of aromatic nitrogens is 3. The molecule has 0 aliphatic heterocycles. The van der Waals surface area contributed by atoms with Crippen molar-refractivity contribution in [2.75, 3.05) is 11.1 Å². The van der Waals surface area contributed by atoms with E-state index in [1.54, 1.807) is 24.5 Å². The molecule has 0 bridgehead atoms. The number of anilines is 1. The van der Waals surface area contributed by atoms with Crippen LogP contribution in [0.5, 0.6) is 0 Å². The van der Waals surface area contributed by atoms with E-state index in [9.17, 15) is 4.79 Å². The monoisotopic (exact) mass is 502 g/mol. The van der Waals surface area contributed by atoms with Crippen molar-refractivity contribution in [1.29, 1.82) is 0 Å². The summed E-state index contributed by atoms with van der Waals surface area (Å²) in [6.07, 6.45) is 1.58. The van der Waals surface area contributed by atoms with Crippen LogP contribution >= 0.6 is 39.3 Å². The van der Waals surface area contributed by atoms with Gasteiger partial charge in [0.25, 0.3) is 0 Å². The van der Waals surface area contributed by atoms with Crippen LogP contribution in [0.4, 0.5) is 5.69 Å². The van der Waals surface area contributed by atoms with E-state index in [4.69, 9.17) is 16.0 Å². The van der Waals surface area contributed by atoms with Crippen LogP contribution in [0, 0.1) is 6.92 Å². The van der Waals surface area contributed by atoms with Gasteiger partial charge >= 0.3 is 0 Å². The predicted octanol–water partition coefficient (Wildman–Crippen LogP) is 5.98. The van der Waals surface area contributed by atoms with Crippen molar-refractivity contribution >= 4 is 50.9 Å². The Hall–Kier alpha value is -2.55. The Labute approximate surface area is 190 Å². The number of carbonyl (C=O) groups excluding carboxylic acids is 1. The van der Waals surface area contributed by atoms with Crippen molar-refractivity contribution in [2.45, 2.75) is 12.1 Å². The third-order valence-corrected chi connectivity index (χ3v) is 6.03. The van der Waals surface area contributed by atoms with E-state index in [1.807, 2.05) is 47.9 Å². The van der Waals surface area contributed by atoms with Gasteiger partial charge in [-0.15, -0.1) is 10.2 Å². The SMILES string of the molecule is Cc1ccc(NC(=O)CSc2nnc(-c3ccco3)n2-c2ccc(Cl)cc2)c(Br)c1. The molecule has 2 heterocycles. The standard InChI is InChI=1S/C21H16BrClN4O2S/c1-13-4-9-17(16(22)11-13)24-19(28)12-30-21-26-25-20(18-3-2-10-29-18)27(21)15-7-5-14(23)6-8-15/h2-11H,12H2,1H3,(H,24,28). The number of hydrogen-bond acceptors (Lipinski definition) is 5. The lowest BCUT2D eigenvalue weighted by molar-refractivity contribution is -0.113. The Balaban J connectivity index is 1.56. The lowest BCUT2D eigenvalue weighted by atomic mass is 10.2. The maximum absolute atomic E-state index is 12.5. The highest BCUT2D eigenvalue weighted by Crippen LogP contribution is 2.29. The fraction of sp³-hybridized carbons (Fsp3) is 0.0952. The zero-order valence-electron chi connectivity index (χ0n) is 15.8. The third-order valence-electron chi connectivity index (χ3n) is 4.19. The number of thioether (sulfide) groups is 1. The minimum absolute atomic E-state index is 0.144. The number of aryl methyl sites for hydroxylation is 1. The fourth-order valence-corrected chi connectivity index (χ4v) is 4.26. The van der Waals surface area contributed by atoms with Gasteiger partial charge in [-0.25, -0.2) is 0 Å². The lowest BCUT2D eigenvalue weighted by Gasteiger charge is -2.10. The first-order valence-electron chi connectivity index (χ1n) is 8.95. The predicted molar refractivity (Wildman–Crippen MR) is 122 cm³/mol. The van der Waals surface area contributed by atoms with E-state index >= 15 is 0 Å². The number of halogens is 2. The molecular formula is C21H16BrClN4O2S. The molecule has 1 amide bonds. The summed E-state index contributed by atoms with van der Waals surface area (Å²) in [6.45, 7) is 1.99. The summed E-state index contributed by atoms with van der Waals surface area (Å²) < 4.78 is 8.18. The number of nitrogens with zero attached hydrogens (tertiary/aromatic N) is 3. The molecule has 0 unspecified atom stereocenters. The highest BCUT2D eigenvalue weighted by Gasteiger charge is 2.19. The molecule has 2 aromatic carbocycles. The molecule has 30 heavy (non-hydrogen) atoms. The fourth-order valence-electron chi connectivity index (χ4n) is 2.79. The second kappa shape index (κ2) is 9.07. The maximum atomic E-state index is 12.5. The van der Waals surface area contributed by atoms with Crippen LogP contribution in [0.1, 0.15) is 5.56 Å². The first-order chi connectivity index (χ1) is 14.5. The molecule has 0 aliphatic carbocycles. The second-order valence-electron chi connectivity index (χ2n) is 6.42. The summed E-state index contributed by atoms with van der Waals surface area (Å²) >= 11 is 10.8. The van der Waals surface area contributed by atoms with Gasteiger partial charge in [0.2, 0.25) is 11.7 Å². The third kappa shape index (κ3) is 4.61. The van der Waals surface area contributed by atoms with Crippen molar-refractivity contribution in [3.8, 4) is 17.3 Å². The highest BCUT2D eigenvalue weighted by atomic mass is 79.9. The van der Waals surface area contributed by atoms with Gasteiger partial charge in [-0.3, -0.25) is 9.36 Å². The molecule has 4 rings (SSSR count). The first kappa shape index (κ1) is 20.7. The van der Waals surface area contributed by atoms with Gasteiger partial charge in [0.15, 0.2) is 10.9 Å².